The molecule has 1 heterocycles. The summed E-state index contributed by atoms with van der Waals surface area (Å²) in [5.41, 5.74) is 8.61. The molecule has 0 spiro atoms. The lowest BCUT2D eigenvalue weighted by Gasteiger charge is -2.32. The standard InChI is InChI=1S/C19H19Cl2N3O3/c20-12-6-13(21)18-14(7-12)23-16(19(26)27)8-15(18)24-17(25)5-10-3-1-2-4-11(10)9-22/h1-4,6-7,15-16,23H,5,8-9,22H2,(H,24,25)(H,26,27). The van der Waals surface area contributed by atoms with Gasteiger partial charge in [0.1, 0.15) is 6.04 Å². The van der Waals surface area contributed by atoms with Crippen LogP contribution in [-0.2, 0) is 22.6 Å². The van der Waals surface area contributed by atoms with E-state index in [1.165, 1.54) is 0 Å². The minimum atomic E-state index is -1.01. The monoisotopic (exact) mass is 407 g/mol. The molecule has 1 aliphatic heterocycles. The summed E-state index contributed by atoms with van der Waals surface area (Å²) in [6.07, 6.45) is 0.323. The Balaban J connectivity index is 1.85. The Labute approximate surface area is 166 Å². The van der Waals surface area contributed by atoms with E-state index in [0.29, 0.717) is 27.8 Å². The van der Waals surface area contributed by atoms with Gasteiger partial charge in [0.2, 0.25) is 5.91 Å². The maximum atomic E-state index is 12.6. The molecule has 2 atom stereocenters. The first kappa shape index (κ1) is 19.5. The number of fused-ring (bicyclic) bond motifs is 1. The molecule has 8 heteroatoms. The van der Waals surface area contributed by atoms with Crippen LogP contribution in [-0.4, -0.2) is 23.0 Å². The average Bonchev–Trinajstić information content (AvgIpc) is 2.61. The van der Waals surface area contributed by atoms with Gasteiger partial charge < -0.3 is 21.5 Å². The third-order valence-electron chi connectivity index (χ3n) is 4.57. The summed E-state index contributed by atoms with van der Waals surface area (Å²) in [6.45, 7) is 0.338. The van der Waals surface area contributed by atoms with Gasteiger partial charge in [0.15, 0.2) is 0 Å². The highest BCUT2D eigenvalue weighted by Gasteiger charge is 2.33. The number of carbonyl (C=O) groups excluding carboxylic acids is 1. The molecular formula is C19H19Cl2N3O3. The quantitative estimate of drug-likeness (QED) is 0.609. The van der Waals surface area contributed by atoms with E-state index in [9.17, 15) is 14.7 Å². The first-order valence-electron chi connectivity index (χ1n) is 8.43. The number of nitrogens with two attached hydrogens (primary N) is 1. The van der Waals surface area contributed by atoms with Crippen LogP contribution in [0, 0.1) is 0 Å². The zero-order valence-corrected chi connectivity index (χ0v) is 15.8. The van der Waals surface area contributed by atoms with E-state index < -0.39 is 18.1 Å². The fourth-order valence-electron chi connectivity index (χ4n) is 3.30. The lowest BCUT2D eigenvalue weighted by atomic mass is 9.92. The molecule has 6 nitrogen and oxygen atoms in total. The number of anilines is 1. The lowest BCUT2D eigenvalue weighted by Crippen LogP contribution is -2.41. The van der Waals surface area contributed by atoms with Crippen molar-refractivity contribution in [2.75, 3.05) is 5.32 Å². The summed E-state index contributed by atoms with van der Waals surface area (Å²) in [4.78, 5) is 24.1. The summed E-state index contributed by atoms with van der Waals surface area (Å²) >= 11 is 12.4. The second kappa shape index (κ2) is 8.17. The van der Waals surface area contributed by atoms with Gasteiger partial charge in [0.05, 0.1) is 12.5 Å². The first-order valence-corrected chi connectivity index (χ1v) is 9.19. The SMILES string of the molecule is NCc1ccccc1CC(=O)NC1CC(C(=O)O)Nc2cc(Cl)cc(Cl)c21. The fourth-order valence-corrected chi connectivity index (χ4v) is 3.92. The van der Waals surface area contributed by atoms with Crippen LogP contribution in [0.1, 0.15) is 29.2 Å². The zero-order chi connectivity index (χ0) is 19.6. The van der Waals surface area contributed by atoms with Crippen molar-refractivity contribution in [3.8, 4) is 0 Å². The second-order valence-corrected chi connectivity index (χ2v) is 7.23. The van der Waals surface area contributed by atoms with Gasteiger partial charge in [-0.25, -0.2) is 4.79 Å². The van der Waals surface area contributed by atoms with Gasteiger partial charge in [0, 0.05) is 34.3 Å². The molecule has 3 rings (SSSR count). The second-order valence-electron chi connectivity index (χ2n) is 6.39. The number of carboxylic acids is 1. The molecule has 0 radical (unpaired) electrons. The topological polar surface area (TPSA) is 104 Å². The highest BCUT2D eigenvalue weighted by Crippen LogP contribution is 2.39. The highest BCUT2D eigenvalue weighted by molar-refractivity contribution is 6.35. The predicted octanol–water partition coefficient (Wildman–Crippen LogP) is 3.12. The van der Waals surface area contributed by atoms with Gasteiger partial charge in [-0.2, -0.15) is 0 Å². The van der Waals surface area contributed by atoms with Crippen molar-refractivity contribution in [1.29, 1.82) is 0 Å². The molecule has 1 aliphatic rings. The third kappa shape index (κ3) is 4.35. The molecule has 2 aromatic carbocycles. The minimum Gasteiger partial charge on any atom is -0.480 e. The van der Waals surface area contributed by atoms with Gasteiger partial charge in [-0.15, -0.1) is 0 Å². The fraction of sp³-hybridized carbons (Fsp3) is 0.263. The van der Waals surface area contributed by atoms with Gasteiger partial charge in [-0.05, 0) is 23.3 Å². The first-order chi connectivity index (χ1) is 12.9. The van der Waals surface area contributed by atoms with E-state index in [2.05, 4.69) is 10.6 Å². The Morgan fingerprint density at radius 3 is 2.59 bits per heavy atom. The number of halogens is 2. The Hall–Kier alpha value is -2.28. The Kier molecular flexibility index (Phi) is 5.89. The van der Waals surface area contributed by atoms with Crippen molar-refractivity contribution in [3.05, 3.63) is 63.1 Å². The minimum absolute atomic E-state index is 0.148. The van der Waals surface area contributed by atoms with Crippen LogP contribution in [0.15, 0.2) is 36.4 Å². The van der Waals surface area contributed by atoms with Crippen molar-refractivity contribution in [3.63, 3.8) is 0 Å². The van der Waals surface area contributed by atoms with E-state index in [1.54, 1.807) is 12.1 Å². The Morgan fingerprint density at radius 2 is 1.93 bits per heavy atom. The van der Waals surface area contributed by atoms with Gasteiger partial charge in [0.25, 0.3) is 0 Å². The van der Waals surface area contributed by atoms with Crippen LogP contribution in [0.3, 0.4) is 0 Å². The lowest BCUT2D eigenvalue weighted by molar-refractivity contribution is -0.138. The summed E-state index contributed by atoms with van der Waals surface area (Å²) in [6, 6.07) is 9.24. The summed E-state index contributed by atoms with van der Waals surface area (Å²) in [7, 11) is 0. The summed E-state index contributed by atoms with van der Waals surface area (Å²) < 4.78 is 0. The maximum Gasteiger partial charge on any atom is 0.326 e. The number of carboxylic acid groups (broad SMARTS) is 1. The van der Waals surface area contributed by atoms with Crippen molar-refractivity contribution in [2.45, 2.75) is 31.5 Å². The maximum absolute atomic E-state index is 12.6. The van der Waals surface area contributed by atoms with Crippen molar-refractivity contribution < 1.29 is 14.7 Å². The van der Waals surface area contributed by atoms with Crippen LogP contribution < -0.4 is 16.4 Å². The number of hydrogen-bond acceptors (Lipinski definition) is 4. The Morgan fingerprint density at radius 1 is 1.22 bits per heavy atom. The molecular weight excluding hydrogens is 389 g/mol. The number of nitrogens with one attached hydrogen (secondary N) is 2. The zero-order valence-electron chi connectivity index (χ0n) is 14.3. The van der Waals surface area contributed by atoms with Crippen molar-refractivity contribution in [2.24, 2.45) is 5.73 Å². The molecule has 0 fully saturated rings. The van der Waals surface area contributed by atoms with E-state index >= 15 is 0 Å². The smallest absolute Gasteiger partial charge is 0.326 e. The number of aliphatic carboxylic acids is 1. The molecule has 0 saturated heterocycles. The van der Waals surface area contributed by atoms with Crippen LogP contribution >= 0.6 is 23.2 Å². The molecule has 142 valence electrons. The molecule has 0 aliphatic carbocycles. The van der Waals surface area contributed by atoms with E-state index in [-0.39, 0.29) is 18.7 Å². The number of amides is 1. The number of benzene rings is 2. The van der Waals surface area contributed by atoms with Gasteiger partial charge in [-0.3, -0.25) is 4.79 Å². The largest absolute Gasteiger partial charge is 0.480 e. The molecule has 5 N–H and O–H groups in total. The van der Waals surface area contributed by atoms with Gasteiger partial charge in [-0.1, -0.05) is 47.5 Å². The van der Waals surface area contributed by atoms with Crippen LogP contribution in [0.2, 0.25) is 10.0 Å². The molecule has 27 heavy (non-hydrogen) atoms. The van der Waals surface area contributed by atoms with E-state index in [4.69, 9.17) is 28.9 Å². The van der Waals surface area contributed by atoms with Crippen LogP contribution in [0.5, 0.6) is 0 Å². The van der Waals surface area contributed by atoms with Crippen LogP contribution in [0.4, 0.5) is 5.69 Å². The van der Waals surface area contributed by atoms with E-state index in [0.717, 1.165) is 11.1 Å². The van der Waals surface area contributed by atoms with Crippen molar-refractivity contribution in [1.82, 2.24) is 5.32 Å². The average molecular weight is 408 g/mol. The summed E-state index contributed by atoms with van der Waals surface area (Å²) in [5.74, 6) is -1.24. The molecule has 0 saturated carbocycles. The number of rotatable bonds is 5. The Bertz CT molecular complexity index is 888. The molecule has 2 aromatic rings. The molecule has 1 amide bonds. The van der Waals surface area contributed by atoms with Gasteiger partial charge >= 0.3 is 5.97 Å². The highest BCUT2D eigenvalue weighted by atomic mass is 35.5. The van der Waals surface area contributed by atoms with Crippen LogP contribution in [0.25, 0.3) is 0 Å². The van der Waals surface area contributed by atoms with E-state index in [1.807, 2.05) is 24.3 Å². The number of hydrogen-bond donors (Lipinski definition) is 4. The molecule has 0 bridgehead atoms. The normalized spacial score (nSPS) is 18.3. The molecule has 0 aromatic heterocycles. The third-order valence-corrected chi connectivity index (χ3v) is 5.10. The summed E-state index contributed by atoms with van der Waals surface area (Å²) in [5, 5.41) is 16.0. The number of carbonyl (C=O) groups is 2. The predicted molar refractivity (Wildman–Crippen MR) is 105 cm³/mol. The van der Waals surface area contributed by atoms with Crippen molar-refractivity contribution >= 4 is 40.8 Å². The molecule has 2 unspecified atom stereocenters.